The van der Waals surface area contributed by atoms with Gasteiger partial charge in [-0.25, -0.2) is 37.5 Å². The number of nitrogens with one attached hydrogen (secondary N) is 2. The highest BCUT2D eigenvalue weighted by molar-refractivity contribution is 6.00. The van der Waals surface area contributed by atoms with Gasteiger partial charge in [0.25, 0.3) is 0 Å². The van der Waals surface area contributed by atoms with Crippen molar-refractivity contribution in [3.05, 3.63) is 119 Å². The third-order valence-electron chi connectivity index (χ3n) is 11.9. The number of morpholine rings is 2. The predicted molar refractivity (Wildman–Crippen MR) is 255 cm³/mol. The molecular formula is C50H54F4N10O4. The van der Waals surface area contributed by atoms with Crippen molar-refractivity contribution in [1.29, 1.82) is 0 Å². The first kappa shape index (κ1) is 46.5. The van der Waals surface area contributed by atoms with Crippen LogP contribution in [0.15, 0.2) is 83.0 Å². The van der Waals surface area contributed by atoms with Crippen molar-refractivity contribution in [3.63, 3.8) is 0 Å². The number of halogens is 4. The number of hydrogen-bond donors (Lipinski definition) is 2. The van der Waals surface area contributed by atoms with Crippen LogP contribution in [0.3, 0.4) is 0 Å². The fourth-order valence-electron chi connectivity index (χ4n) is 8.46. The van der Waals surface area contributed by atoms with Crippen molar-refractivity contribution >= 4 is 56.9 Å². The fraction of sp³-hybridized carbons (Fsp3) is 0.400. The largest absolute Gasteiger partial charge is 0.475 e. The zero-order valence-electron chi connectivity index (χ0n) is 38.9. The first-order valence-electron chi connectivity index (χ1n) is 22.7. The fourth-order valence-corrected chi connectivity index (χ4v) is 8.46. The Labute approximate surface area is 391 Å². The molecule has 6 heterocycles. The predicted octanol–water partition coefficient (Wildman–Crippen LogP) is 8.95. The molecule has 0 saturated carbocycles. The summed E-state index contributed by atoms with van der Waals surface area (Å²) >= 11 is 0. The summed E-state index contributed by atoms with van der Waals surface area (Å²) in [6.07, 6.45) is 3.53. The molecule has 2 N–H and O–H groups in total. The van der Waals surface area contributed by atoms with Gasteiger partial charge in [-0.05, 0) is 90.1 Å². The van der Waals surface area contributed by atoms with E-state index in [9.17, 15) is 17.6 Å². The van der Waals surface area contributed by atoms with E-state index in [0.29, 0.717) is 84.9 Å². The third kappa shape index (κ3) is 10.7. The minimum atomic E-state index is -0.640. The number of aliphatic imine (C=N–C) groups is 2. The molecule has 356 valence electrons. The smallest absolute Gasteiger partial charge is 0.216 e. The number of anilines is 4. The highest BCUT2D eigenvalue weighted by Crippen LogP contribution is 2.33. The molecule has 4 aromatic carbocycles. The third-order valence-corrected chi connectivity index (χ3v) is 11.9. The molecule has 2 fully saturated rings. The monoisotopic (exact) mass is 934 g/mol. The highest BCUT2D eigenvalue weighted by Gasteiger charge is 2.30. The van der Waals surface area contributed by atoms with Crippen LogP contribution < -0.4 is 20.4 Å². The van der Waals surface area contributed by atoms with E-state index in [1.54, 1.807) is 12.4 Å². The van der Waals surface area contributed by atoms with Crippen LogP contribution >= 0.6 is 0 Å². The molecule has 6 aromatic rings. The van der Waals surface area contributed by atoms with E-state index < -0.39 is 23.3 Å². The van der Waals surface area contributed by atoms with Gasteiger partial charge >= 0.3 is 0 Å². The van der Waals surface area contributed by atoms with E-state index >= 15 is 0 Å². The average Bonchev–Trinajstić information content (AvgIpc) is 3.87. The van der Waals surface area contributed by atoms with Gasteiger partial charge in [0, 0.05) is 71.9 Å². The van der Waals surface area contributed by atoms with Crippen LogP contribution in [0.4, 0.5) is 40.6 Å². The van der Waals surface area contributed by atoms with Gasteiger partial charge in [-0.1, -0.05) is 0 Å². The first-order chi connectivity index (χ1) is 32.5. The minimum absolute atomic E-state index is 0.306. The van der Waals surface area contributed by atoms with E-state index in [1.807, 2.05) is 65.8 Å². The molecule has 2 unspecified atom stereocenters. The van der Waals surface area contributed by atoms with Crippen molar-refractivity contribution in [2.24, 2.45) is 9.98 Å². The normalized spacial score (nSPS) is 18.5. The zero-order valence-corrected chi connectivity index (χ0v) is 38.9. The molecular weight excluding hydrogens is 881 g/mol. The second-order valence-electron chi connectivity index (χ2n) is 18.6. The maximum atomic E-state index is 13.8. The number of benzene rings is 4. The second-order valence-corrected chi connectivity index (χ2v) is 18.6. The number of nitrogens with zero attached hydrogens (tertiary/aromatic N) is 8. The molecule has 10 rings (SSSR count). The van der Waals surface area contributed by atoms with Crippen LogP contribution in [-0.2, 0) is 18.9 Å². The number of aromatic nitrogens is 4. The van der Waals surface area contributed by atoms with Crippen LogP contribution in [-0.4, -0.2) is 109 Å². The molecule has 68 heavy (non-hydrogen) atoms. The quantitative estimate of drug-likeness (QED) is 0.127. The average molecular weight is 935 g/mol. The maximum Gasteiger partial charge on any atom is 0.216 e. The van der Waals surface area contributed by atoms with Gasteiger partial charge in [-0.2, -0.15) is 0 Å². The number of fused-ring (bicyclic) bond motifs is 2. The van der Waals surface area contributed by atoms with Crippen molar-refractivity contribution in [2.45, 2.75) is 64.7 Å². The summed E-state index contributed by atoms with van der Waals surface area (Å²) in [5.74, 6) is 0.0794. The van der Waals surface area contributed by atoms with E-state index in [2.05, 4.69) is 20.4 Å². The van der Waals surface area contributed by atoms with Crippen molar-refractivity contribution < 1.29 is 36.5 Å². The van der Waals surface area contributed by atoms with E-state index in [0.717, 1.165) is 72.2 Å². The summed E-state index contributed by atoms with van der Waals surface area (Å²) in [6.45, 7) is 18.4. The lowest BCUT2D eigenvalue weighted by Gasteiger charge is -2.28. The Morgan fingerprint density at radius 3 is 1.24 bits per heavy atom. The van der Waals surface area contributed by atoms with Crippen molar-refractivity contribution in [2.75, 3.05) is 86.3 Å². The summed E-state index contributed by atoms with van der Waals surface area (Å²) in [4.78, 5) is 32.9. The number of rotatable bonds is 10. The molecule has 14 nitrogen and oxygen atoms in total. The van der Waals surface area contributed by atoms with Crippen LogP contribution in [0, 0.1) is 23.3 Å². The van der Waals surface area contributed by atoms with Crippen molar-refractivity contribution in [3.8, 4) is 0 Å². The van der Waals surface area contributed by atoms with Crippen LogP contribution in [0.5, 0.6) is 0 Å². The molecule has 0 aliphatic carbocycles. The van der Waals surface area contributed by atoms with Gasteiger partial charge in [0.05, 0.1) is 84.0 Å². The van der Waals surface area contributed by atoms with E-state index in [4.69, 9.17) is 48.9 Å². The van der Waals surface area contributed by atoms with Gasteiger partial charge in [-0.15, -0.1) is 0 Å². The standard InChI is InChI=1S/2C25H27F2N5O2/c2*1-15(29-19-11-17(26)10-18(27)12-19)20-8-16(24-31-25(2,3)14-34-24)9-21-23(20)30-22(13-28-21)32-4-6-33-7-5-32/h2*8-13,15,29H,4-7,14H2,1-3H3. The van der Waals surface area contributed by atoms with E-state index in [-0.39, 0.29) is 23.2 Å². The van der Waals surface area contributed by atoms with Gasteiger partial charge < -0.3 is 39.4 Å². The van der Waals surface area contributed by atoms with Gasteiger partial charge in [-0.3, -0.25) is 9.97 Å². The van der Waals surface area contributed by atoms with Gasteiger partial charge in [0.2, 0.25) is 11.8 Å². The number of ether oxygens (including phenoxy) is 4. The molecule has 0 amide bonds. The molecule has 0 bridgehead atoms. The molecule has 2 saturated heterocycles. The Hall–Kier alpha value is -6.66. The Morgan fingerprint density at radius 1 is 0.529 bits per heavy atom. The molecule has 4 aliphatic heterocycles. The lowest BCUT2D eigenvalue weighted by atomic mass is 10.0. The Bertz CT molecular complexity index is 2670. The van der Waals surface area contributed by atoms with Crippen LogP contribution in [0.2, 0.25) is 0 Å². The Kier molecular flexibility index (Phi) is 13.1. The van der Waals surface area contributed by atoms with Gasteiger partial charge in [0.15, 0.2) is 0 Å². The Balaban J connectivity index is 0.000000170. The van der Waals surface area contributed by atoms with E-state index in [1.165, 1.54) is 24.3 Å². The summed E-state index contributed by atoms with van der Waals surface area (Å²) in [5.41, 5.74) is 6.13. The SMILES string of the molecule is CC(Nc1cc(F)cc(F)c1)c1cc(C2=NC(C)(C)CO2)cc2ncc(N3CCOCC3)nc12.CC(Nc1cc(F)cc(F)c1)c1cc(C2=NC(C)(C)CO2)cc2ncc(N3CCOCC3)nc12. The maximum absolute atomic E-state index is 13.8. The highest BCUT2D eigenvalue weighted by atomic mass is 19.1. The molecule has 4 aliphatic rings. The topological polar surface area (TPSA) is 144 Å². The molecule has 0 radical (unpaired) electrons. The van der Waals surface area contributed by atoms with Gasteiger partial charge in [0.1, 0.15) is 48.1 Å². The summed E-state index contributed by atoms with van der Waals surface area (Å²) < 4.78 is 77.8. The lowest BCUT2D eigenvalue weighted by Crippen LogP contribution is -2.36. The van der Waals surface area contributed by atoms with Crippen LogP contribution in [0.25, 0.3) is 22.1 Å². The lowest BCUT2D eigenvalue weighted by molar-refractivity contribution is 0.122. The van der Waals surface area contributed by atoms with Crippen molar-refractivity contribution in [1.82, 2.24) is 19.9 Å². The number of hydrogen-bond acceptors (Lipinski definition) is 14. The molecule has 18 heteroatoms. The Morgan fingerprint density at radius 2 is 0.897 bits per heavy atom. The molecule has 0 spiro atoms. The second kappa shape index (κ2) is 19.1. The first-order valence-corrected chi connectivity index (χ1v) is 22.7. The van der Waals surface area contributed by atoms with Crippen LogP contribution in [0.1, 0.15) is 75.9 Å². The summed E-state index contributed by atoms with van der Waals surface area (Å²) in [6, 6.07) is 13.9. The zero-order chi connectivity index (χ0) is 47.7. The summed E-state index contributed by atoms with van der Waals surface area (Å²) in [5, 5.41) is 6.41. The minimum Gasteiger partial charge on any atom is -0.475 e. The molecule has 2 aromatic heterocycles. The molecule has 2 atom stereocenters. The summed E-state index contributed by atoms with van der Waals surface area (Å²) in [7, 11) is 0.